The number of carbonyl (C=O) groups is 2. The molecule has 8 heteroatoms. The number of aliphatic hydroxyl groups is 1. The zero-order chi connectivity index (χ0) is 26.0. The molecule has 3 unspecified atom stereocenters. The Morgan fingerprint density at radius 2 is 2.06 bits per heavy atom. The molecule has 3 atom stereocenters. The fraction of sp³-hybridized carbons (Fsp3) is 0.429. The van der Waals surface area contributed by atoms with Crippen LogP contribution in [0, 0.1) is 5.92 Å². The van der Waals surface area contributed by atoms with Crippen molar-refractivity contribution in [2.24, 2.45) is 5.92 Å². The molecule has 1 amide bonds. The van der Waals surface area contributed by atoms with Crippen LogP contribution in [0.3, 0.4) is 0 Å². The molecule has 0 spiro atoms. The van der Waals surface area contributed by atoms with Crippen LogP contribution in [0.2, 0.25) is 5.02 Å². The average molecular weight is 513 g/mol. The van der Waals surface area contributed by atoms with Gasteiger partial charge in [0, 0.05) is 42.0 Å². The lowest BCUT2D eigenvalue weighted by Gasteiger charge is -2.45. The molecule has 0 radical (unpaired) electrons. The highest BCUT2D eigenvalue weighted by molar-refractivity contribution is 6.31. The molecule has 2 aromatic rings. The van der Waals surface area contributed by atoms with Crippen molar-refractivity contribution in [3.8, 4) is 5.75 Å². The van der Waals surface area contributed by atoms with Crippen LogP contribution < -0.4 is 10.1 Å². The van der Waals surface area contributed by atoms with Crippen LogP contribution in [0.15, 0.2) is 42.5 Å². The summed E-state index contributed by atoms with van der Waals surface area (Å²) in [6, 6.07) is 11.1. The highest BCUT2D eigenvalue weighted by Crippen LogP contribution is 2.49. The van der Waals surface area contributed by atoms with Crippen LogP contribution in [0.4, 0.5) is 5.69 Å². The normalized spacial score (nSPS) is 23.9. The molecular weight excluding hydrogens is 480 g/mol. The molecular formula is C28H33ClN2O5. The lowest BCUT2D eigenvalue weighted by Crippen LogP contribution is -2.47. The van der Waals surface area contributed by atoms with Gasteiger partial charge in [-0.25, -0.2) is 0 Å². The molecule has 2 aromatic carbocycles. The zero-order valence-electron chi connectivity index (χ0n) is 21.1. The van der Waals surface area contributed by atoms with E-state index in [9.17, 15) is 14.7 Å². The van der Waals surface area contributed by atoms with E-state index in [1.807, 2.05) is 49.3 Å². The van der Waals surface area contributed by atoms with Gasteiger partial charge in [0.2, 0.25) is 5.91 Å². The first-order valence-corrected chi connectivity index (χ1v) is 12.5. The molecule has 1 heterocycles. The Kier molecular flexibility index (Phi) is 7.73. The van der Waals surface area contributed by atoms with Crippen molar-refractivity contribution in [1.82, 2.24) is 4.90 Å². The number of methoxy groups -OCH3 is 1. The molecule has 1 fully saturated rings. The molecule has 4 rings (SSSR count). The van der Waals surface area contributed by atoms with Crippen LogP contribution in [-0.2, 0) is 19.9 Å². The van der Waals surface area contributed by atoms with Gasteiger partial charge in [0.1, 0.15) is 11.9 Å². The lowest BCUT2D eigenvalue weighted by molar-refractivity contribution is -0.156. The summed E-state index contributed by atoms with van der Waals surface area (Å²) >= 11 is 6.25. The van der Waals surface area contributed by atoms with E-state index in [4.69, 9.17) is 21.1 Å². The number of anilines is 1. The number of amides is 1. The van der Waals surface area contributed by atoms with Crippen LogP contribution in [0.25, 0.3) is 5.57 Å². The Labute approximate surface area is 217 Å². The number of rotatable bonds is 6. The second-order valence-corrected chi connectivity index (χ2v) is 10.3. The molecule has 2 aliphatic rings. The minimum Gasteiger partial charge on any atom is -0.496 e. The number of hydrogen-bond acceptors (Lipinski definition) is 6. The first kappa shape index (κ1) is 26.2. The summed E-state index contributed by atoms with van der Waals surface area (Å²) in [6.45, 7) is 2.02. The fourth-order valence-electron chi connectivity index (χ4n) is 5.52. The second kappa shape index (κ2) is 10.6. The topological polar surface area (TPSA) is 88.1 Å². The zero-order valence-corrected chi connectivity index (χ0v) is 21.9. The van der Waals surface area contributed by atoms with Crippen molar-refractivity contribution < 1.29 is 24.2 Å². The van der Waals surface area contributed by atoms with Crippen molar-refractivity contribution in [3.05, 3.63) is 64.2 Å². The molecule has 0 aromatic heterocycles. The standard InChI is InChI=1S/C28H33ClN2O5/c1-17(32)36-20-12-13-28(34,18(14-20)16-31(2)3)23-6-5-7-25(35-4)27(23)22-10-11-26(33)30-24-15-19(29)8-9-21(22)24/h5-10,15,18,20,34H,11-14,16H2,1-4H3,(H,30,33). The Balaban J connectivity index is 1.88. The summed E-state index contributed by atoms with van der Waals surface area (Å²) in [7, 11) is 5.53. The Morgan fingerprint density at radius 3 is 2.75 bits per heavy atom. The summed E-state index contributed by atoms with van der Waals surface area (Å²) in [5, 5.41) is 15.8. The van der Waals surface area contributed by atoms with Crippen LogP contribution in [-0.4, -0.2) is 55.7 Å². The van der Waals surface area contributed by atoms with E-state index in [1.54, 1.807) is 19.2 Å². The number of nitrogens with zero attached hydrogens (tertiary/aromatic N) is 1. The monoisotopic (exact) mass is 512 g/mol. The SMILES string of the molecule is COc1cccc(C2(O)CCC(OC(C)=O)CC2CN(C)C)c1C1=CCC(=O)Nc2cc(Cl)ccc21. The first-order valence-electron chi connectivity index (χ1n) is 12.1. The van der Waals surface area contributed by atoms with Crippen LogP contribution in [0.5, 0.6) is 5.75 Å². The third-order valence-corrected chi connectivity index (χ3v) is 7.24. The van der Waals surface area contributed by atoms with Gasteiger partial charge in [-0.2, -0.15) is 0 Å². The van der Waals surface area contributed by atoms with E-state index in [0.717, 1.165) is 22.3 Å². The average Bonchev–Trinajstić information content (AvgIpc) is 2.97. The predicted octanol–water partition coefficient (Wildman–Crippen LogP) is 4.60. The van der Waals surface area contributed by atoms with E-state index in [1.165, 1.54) is 6.92 Å². The summed E-state index contributed by atoms with van der Waals surface area (Å²) in [6.07, 6.45) is 3.31. The van der Waals surface area contributed by atoms with E-state index in [-0.39, 0.29) is 30.3 Å². The Hall–Kier alpha value is -2.87. The molecule has 0 bridgehead atoms. The lowest BCUT2D eigenvalue weighted by atomic mass is 9.68. The summed E-state index contributed by atoms with van der Waals surface area (Å²) in [4.78, 5) is 26.2. The fourth-order valence-corrected chi connectivity index (χ4v) is 5.69. The van der Waals surface area contributed by atoms with Crippen molar-refractivity contribution in [2.75, 3.05) is 33.1 Å². The quantitative estimate of drug-likeness (QED) is 0.550. The van der Waals surface area contributed by atoms with Gasteiger partial charge in [-0.1, -0.05) is 35.9 Å². The van der Waals surface area contributed by atoms with E-state index in [2.05, 4.69) is 5.32 Å². The van der Waals surface area contributed by atoms with Crippen LogP contribution in [0.1, 0.15) is 49.3 Å². The maximum Gasteiger partial charge on any atom is 0.302 e. The number of halogens is 1. The van der Waals surface area contributed by atoms with Gasteiger partial charge in [-0.15, -0.1) is 0 Å². The smallest absolute Gasteiger partial charge is 0.302 e. The molecule has 2 N–H and O–H groups in total. The third kappa shape index (κ3) is 5.28. The van der Waals surface area contributed by atoms with Crippen molar-refractivity contribution in [2.45, 2.75) is 44.3 Å². The van der Waals surface area contributed by atoms with E-state index < -0.39 is 5.60 Å². The van der Waals surface area contributed by atoms with Crippen LogP contribution >= 0.6 is 11.6 Å². The second-order valence-electron chi connectivity index (χ2n) is 9.83. The summed E-state index contributed by atoms with van der Waals surface area (Å²) < 4.78 is 11.4. The first-order chi connectivity index (χ1) is 17.1. The number of carbonyl (C=O) groups excluding carboxylic acids is 2. The van der Waals surface area contributed by atoms with Gasteiger partial charge in [0.15, 0.2) is 0 Å². The van der Waals surface area contributed by atoms with E-state index in [0.29, 0.717) is 42.3 Å². The number of ether oxygens (including phenoxy) is 2. The summed E-state index contributed by atoms with van der Waals surface area (Å²) in [5.74, 6) is -0.0522. The minimum atomic E-state index is -1.21. The minimum absolute atomic E-state index is 0.143. The Bertz CT molecular complexity index is 1190. The van der Waals surface area contributed by atoms with Gasteiger partial charge in [0.25, 0.3) is 0 Å². The molecule has 1 aliphatic carbocycles. The largest absolute Gasteiger partial charge is 0.496 e. The van der Waals surface area contributed by atoms with Gasteiger partial charge in [-0.05, 0) is 62.7 Å². The molecule has 1 aliphatic heterocycles. The molecule has 192 valence electrons. The van der Waals surface area contributed by atoms with Gasteiger partial charge >= 0.3 is 5.97 Å². The van der Waals surface area contributed by atoms with Crippen molar-refractivity contribution in [1.29, 1.82) is 0 Å². The number of hydrogen-bond donors (Lipinski definition) is 2. The maximum atomic E-state index is 12.5. The molecule has 0 saturated heterocycles. The van der Waals surface area contributed by atoms with Gasteiger partial charge in [0.05, 0.1) is 18.4 Å². The predicted molar refractivity (Wildman–Crippen MR) is 140 cm³/mol. The number of benzene rings is 2. The third-order valence-electron chi connectivity index (χ3n) is 7.01. The number of esters is 1. The highest BCUT2D eigenvalue weighted by atomic mass is 35.5. The molecule has 36 heavy (non-hydrogen) atoms. The van der Waals surface area contributed by atoms with Gasteiger partial charge in [-0.3, -0.25) is 9.59 Å². The van der Waals surface area contributed by atoms with Crippen molar-refractivity contribution in [3.63, 3.8) is 0 Å². The summed E-state index contributed by atoms with van der Waals surface area (Å²) in [5.41, 5.74) is 2.49. The maximum absolute atomic E-state index is 12.5. The van der Waals surface area contributed by atoms with Gasteiger partial charge < -0.3 is 24.8 Å². The highest BCUT2D eigenvalue weighted by Gasteiger charge is 2.46. The molecule has 1 saturated carbocycles. The van der Waals surface area contributed by atoms with E-state index >= 15 is 0 Å². The van der Waals surface area contributed by atoms with Crippen molar-refractivity contribution >= 4 is 34.7 Å². The Morgan fingerprint density at radius 1 is 1.28 bits per heavy atom. The number of nitrogens with one attached hydrogen (secondary N) is 1. The molecule has 7 nitrogen and oxygen atoms in total. The number of fused-ring (bicyclic) bond motifs is 1.